The van der Waals surface area contributed by atoms with Crippen molar-refractivity contribution in [1.29, 1.82) is 0 Å². The van der Waals surface area contributed by atoms with Gasteiger partial charge in [0, 0.05) is 12.1 Å². The van der Waals surface area contributed by atoms with Crippen molar-refractivity contribution in [2.45, 2.75) is 76.3 Å². The van der Waals surface area contributed by atoms with Crippen molar-refractivity contribution in [3.8, 4) is 0 Å². The third-order valence-electron chi connectivity index (χ3n) is 4.10. The fourth-order valence-electron chi connectivity index (χ4n) is 2.99. The van der Waals surface area contributed by atoms with Gasteiger partial charge in [-0.1, -0.05) is 48.8 Å². The number of nitrogens with zero attached hydrogens (tertiary/aromatic N) is 2. The van der Waals surface area contributed by atoms with Crippen LogP contribution in [0.2, 0.25) is 0 Å². The molecule has 20 heavy (non-hydrogen) atoms. The Morgan fingerprint density at radius 2 is 1.00 bits per heavy atom. The molecule has 6 heteroatoms. The van der Waals surface area contributed by atoms with Gasteiger partial charge in [0.15, 0.2) is 0 Å². The molecular weight excluding hydrogens is 256 g/mol. The highest BCUT2D eigenvalue weighted by Gasteiger charge is 2.17. The number of rotatable bonds is 2. The SMILES string of the molecule is O=C(/N=N/C(=O)NC1CCCCC1)NC1CCCCC1. The van der Waals surface area contributed by atoms with E-state index in [4.69, 9.17) is 0 Å². The predicted octanol–water partition coefficient (Wildman–Crippen LogP) is 3.52. The van der Waals surface area contributed by atoms with Gasteiger partial charge >= 0.3 is 12.1 Å². The number of carbonyl (C=O) groups is 2. The van der Waals surface area contributed by atoms with Crippen LogP contribution in [0.15, 0.2) is 10.2 Å². The number of amides is 4. The van der Waals surface area contributed by atoms with Crippen LogP contribution < -0.4 is 10.6 Å². The van der Waals surface area contributed by atoms with Gasteiger partial charge < -0.3 is 10.6 Å². The summed E-state index contributed by atoms with van der Waals surface area (Å²) < 4.78 is 0. The molecule has 2 rings (SSSR count). The van der Waals surface area contributed by atoms with Crippen molar-refractivity contribution in [2.75, 3.05) is 0 Å². The summed E-state index contributed by atoms with van der Waals surface area (Å²) >= 11 is 0. The average Bonchev–Trinajstić information content (AvgIpc) is 2.47. The Morgan fingerprint density at radius 3 is 1.35 bits per heavy atom. The molecule has 0 aromatic carbocycles. The van der Waals surface area contributed by atoms with Gasteiger partial charge in [-0.25, -0.2) is 9.59 Å². The van der Waals surface area contributed by atoms with Crippen molar-refractivity contribution in [1.82, 2.24) is 10.6 Å². The molecule has 2 N–H and O–H groups in total. The van der Waals surface area contributed by atoms with E-state index in [2.05, 4.69) is 20.9 Å². The lowest BCUT2D eigenvalue weighted by Gasteiger charge is -2.21. The molecule has 2 saturated carbocycles. The van der Waals surface area contributed by atoms with Crippen LogP contribution in [0.4, 0.5) is 9.59 Å². The first kappa shape index (κ1) is 14.9. The van der Waals surface area contributed by atoms with Gasteiger partial charge in [0.05, 0.1) is 0 Å². The summed E-state index contributed by atoms with van der Waals surface area (Å²) in [6.07, 6.45) is 11.0. The van der Waals surface area contributed by atoms with Gasteiger partial charge in [-0.05, 0) is 25.7 Å². The Bertz CT molecular complexity index is 324. The predicted molar refractivity (Wildman–Crippen MR) is 75.7 cm³/mol. The Balaban J connectivity index is 1.67. The highest BCUT2D eigenvalue weighted by molar-refractivity contribution is 5.79. The van der Waals surface area contributed by atoms with Crippen molar-refractivity contribution in [2.24, 2.45) is 10.2 Å². The number of hydrogen-bond acceptors (Lipinski definition) is 2. The molecule has 0 aromatic heterocycles. The van der Waals surface area contributed by atoms with Crippen molar-refractivity contribution in [3.63, 3.8) is 0 Å². The fraction of sp³-hybridized carbons (Fsp3) is 0.857. The fourth-order valence-corrected chi connectivity index (χ4v) is 2.99. The van der Waals surface area contributed by atoms with E-state index < -0.39 is 12.1 Å². The second-order valence-corrected chi connectivity index (χ2v) is 5.77. The monoisotopic (exact) mass is 280 g/mol. The number of carbonyl (C=O) groups excluding carboxylic acids is 2. The van der Waals surface area contributed by atoms with E-state index in [0.29, 0.717) is 0 Å². The second-order valence-electron chi connectivity index (χ2n) is 5.77. The molecule has 2 aliphatic rings. The Morgan fingerprint density at radius 1 is 0.650 bits per heavy atom. The lowest BCUT2D eigenvalue weighted by atomic mass is 9.96. The maximum atomic E-state index is 11.6. The smallest absolute Gasteiger partial charge is 0.332 e. The van der Waals surface area contributed by atoms with Crippen molar-refractivity contribution in [3.05, 3.63) is 0 Å². The van der Waals surface area contributed by atoms with E-state index in [1.807, 2.05) is 0 Å². The second kappa shape index (κ2) is 7.97. The van der Waals surface area contributed by atoms with E-state index in [1.54, 1.807) is 0 Å². The minimum Gasteiger partial charge on any atom is -0.332 e. The van der Waals surface area contributed by atoms with Gasteiger partial charge in [-0.3, -0.25) is 0 Å². The molecular formula is C14H24N4O2. The molecule has 0 atom stereocenters. The zero-order valence-corrected chi connectivity index (χ0v) is 11.9. The van der Waals surface area contributed by atoms with Gasteiger partial charge in [0.1, 0.15) is 0 Å². The van der Waals surface area contributed by atoms with Gasteiger partial charge in [0.2, 0.25) is 0 Å². The molecule has 0 radical (unpaired) electrons. The van der Waals surface area contributed by atoms with E-state index in [1.165, 1.54) is 12.8 Å². The van der Waals surface area contributed by atoms with E-state index in [9.17, 15) is 9.59 Å². The molecule has 112 valence electrons. The maximum Gasteiger partial charge on any atom is 0.359 e. The molecule has 0 bridgehead atoms. The Hall–Kier alpha value is -1.46. The Kier molecular flexibility index (Phi) is 5.95. The third kappa shape index (κ3) is 5.27. The summed E-state index contributed by atoms with van der Waals surface area (Å²) in [4.78, 5) is 23.1. The first-order valence-electron chi connectivity index (χ1n) is 7.77. The van der Waals surface area contributed by atoms with E-state index >= 15 is 0 Å². The van der Waals surface area contributed by atoms with Crippen LogP contribution in [-0.2, 0) is 0 Å². The summed E-state index contributed by atoms with van der Waals surface area (Å²) in [6, 6.07) is -0.625. The molecule has 0 saturated heterocycles. The highest BCUT2D eigenvalue weighted by atomic mass is 16.2. The number of nitrogens with one attached hydrogen (secondary N) is 2. The zero-order valence-electron chi connectivity index (χ0n) is 11.9. The van der Waals surface area contributed by atoms with Gasteiger partial charge in [-0.2, -0.15) is 0 Å². The highest BCUT2D eigenvalue weighted by Crippen LogP contribution is 2.18. The molecule has 2 aliphatic carbocycles. The molecule has 0 aliphatic heterocycles. The molecule has 2 fully saturated rings. The lowest BCUT2D eigenvalue weighted by molar-refractivity contribution is 0.233. The van der Waals surface area contributed by atoms with Crippen molar-refractivity contribution >= 4 is 12.1 Å². The summed E-state index contributed by atoms with van der Waals surface area (Å²) in [5, 5.41) is 12.5. The largest absolute Gasteiger partial charge is 0.359 e. The Labute approximate surface area is 119 Å². The number of hydrogen-bond donors (Lipinski definition) is 2. The molecule has 4 amide bonds. The van der Waals surface area contributed by atoms with Gasteiger partial charge in [0.25, 0.3) is 0 Å². The summed E-state index contributed by atoms with van der Waals surface area (Å²) in [6.45, 7) is 0. The lowest BCUT2D eigenvalue weighted by Crippen LogP contribution is -2.35. The van der Waals surface area contributed by atoms with Crippen LogP contribution in [0.5, 0.6) is 0 Å². The van der Waals surface area contributed by atoms with Crippen LogP contribution in [-0.4, -0.2) is 24.1 Å². The van der Waals surface area contributed by atoms with E-state index in [0.717, 1.165) is 51.4 Å². The zero-order chi connectivity index (χ0) is 14.2. The molecule has 0 aromatic rings. The van der Waals surface area contributed by atoms with Crippen LogP contribution >= 0.6 is 0 Å². The molecule has 0 heterocycles. The van der Waals surface area contributed by atoms with Crippen molar-refractivity contribution < 1.29 is 9.59 Å². The number of urea groups is 2. The van der Waals surface area contributed by atoms with Gasteiger partial charge in [-0.15, -0.1) is 0 Å². The molecule has 6 nitrogen and oxygen atoms in total. The van der Waals surface area contributed by atoms with E-state index in [-0.39, 0.29) is 12.1 Å². The first-order valence-corrected chi connectivity index (χ1v) is 7.77. The number of azo groups is 1. The quantitative estimate of drug-likeness (QED) is 0.758. The standard InChI is InChI=1S/C14H24N4O2/c19-13(15-11-7-3-1-4-8-11)17-18-14(20)16-12-9-5-2-6-10-12/h11-12H,1-10H2,(H,15,19)(H,16,20)/b18-17+. The molecule has 0 spiro atoms. The van der Waals surface area contributed by atoms with Crippen LogP contribution in [0, 0.1) is 0 Å². The molecule has 0 unspecified atom stereocenters. The minimum atomic E-state index is -0.504. The minimum absolute atomic E-state index is 0.191. The third-order valence-corrected chi connectivity index (χ3v) is 4.10. The first-order chi connectivity index (χ1) is 9.74. The topological polar surface area (TPSA) is 82.9 Å². The maximum absolute atomic E-state index is 11.6. The summed E-state index contributed by atoms with van der Waals surface area (Å²) in [5.41, 5.74) is 0. The summed E-state index contributed by atoms with van der Waals surface area (Å²) in [5.74, 6) is 0. The summed E-state index contributed by atoms with van der Waals surface area (Å²) in [7, 11) is 0. The van der Waals surface area contributed by atoms with Crippen LogP contribution in [0.25, 0.3) is 0 Å². The van der Waals surface area contributed by atoms with Crippen LogP contribution in [0.3, 0.4) is 0 Å². The van der Waals surface area contributed by atoms with Crippen LogP contribution in [0.1, 0.15) is 64.2 Å². The normalized spacial score (nSPS) is 21.8. The average molecular weight is 280 g/mol.